The van der Waals surface area contributed by atoms with E-state index < -0.39 is 0 Å². The zero-order valence-electron chi connectivity index (χ0n) is 9.15. The van der Waals surface area contributed by atoms with Crippen LogP contribution in [0.15, 0.2) is 41.1 Å². The highest BCUT2D eigenvalue weighted by Gasteiger charge is 2.11. The lowest BCUT2D eigenvalue weighted by atomic mass is 10.2. The number of anilines is 2. The Morgan fingerprint density at radius 1 is 1.39 bits per heavy atom. The third kappa shape index (κ3) is 2.80. The van der Waals surface area contributed by atoms with E-state index in [9.17, 15) is 4.79 Å². The largest absolute Gasteiger partial charge is 0.396 e. The van der Waals surface area contributed by atoms with Gasteiger partial charge in [0.2, 0.25) is 0 Å². The molecule has 18 heavy (non-hydrogen) atoms. The number of benzene rings is 1. The van der Waals surface area contributed by atoms with Gasteiger partial charge in [-0.25, -0.2) is 0 Å². The van der Waals surface area contributed by atoms with Gasteiger partial charge in [-0.2, -0.15) is 0 Å². The number of halogens is 2. The summed E-state index contributed by atoms with van der Waals surface area (Å²) in [6.45, 7) is 0. The quantitative estimate of drug-likeness (QED) is 0.889. The fourth-order valence-electron chi connectivity index (χ4n) is 1.38. The van der Waals surface area contributed by atoms with Crippen molar-refractivity contribution >= 4 is 44.8 Å². The SMILES string of the molecule is Nc1cnccc1NC(=O)c1ccc(Br)cc1Cl. The minimum atomic E-state index is -0.314. The highest BCUT2D eigenvalue weighted by Crippen LogP contribution is 2.23. The number of hydrogen-bond acceptors (Lipinski definition) is 3. The van der Waals surface area contributed by atoms with E-state index in [1.807, 2.05) is 0 Å². The van der Waals surface area contributed by atoms with E-state index in [2.05, 4.69) is 26.2 Å². The predicted molar refractivity (Wildman–Crippen MR) is 75.8 cm³/mol. The van der Waals surface area contributed by atoms with E-state index in [1.165, 1.54) is 6.20 Å². The Morgan fingerprint density at radius 2 is 2.17 bits per heavy atom. The Hall–Kier alpha value is -1.59. The number of nitrogen functional groups attached to an aromatic ring is 1. The van der Waals surface area contributed by atoms with E-state index in [-0.39, 0.29) is 5.91 Å². The molecule has 0 unspecified atom stereocenters. The second kappa shape index (κ2) is 5.37. The van der Waals surface area contributed by atoms with Gasteiger partial charge in [0.25, 0.3) is 5.91 Å². The van der Waals surface area contributed by atoms with Gasteiger partial charge in [-0.15, -0.1) is 0 Å². The van der Waals surface area contributed by atoms with Crippen molar-refractivity contribution in [2.45, 2.75) is 0 Å². The summed E-state index contributed by atoms with van der Waals surface area (Å²) >= 11 is 9.28. The molecule has 0 saturated heterocycles. The lowest BCUT2D eigenvalue weighted by Gasteiger charge is -2.08. The molecule has 0 bridgehead atoms. The highest BCUT2D eigenvalue weighted by molar-refractivity contribution is 9.10. The first kappa shape index (κ1) is 12.9. The number of carbonyl (C=O) groups excluding carboxylic acids is 1. The van der Waals surface area contributed by atoms with Crippen molar-refractivity contribution in [2.75, 3.05) is 11.1 Å². The molecule has 0 aliphatic heterocycles. The molecule has 2 aromatic rings. The summed E-state index contributed by atoms with van der Waals surface area (Å²) in [6, 6.07) is 6.67. The number of aromatic nitrogens is 1. The van der Waals surface area contributed by atoms with Crippen molar-refractivity contribution in [3.8, 4) is 0 Å². The molecule has 1 amide bonds. The lowest BCUT2D eigenvalue weighted by molar-refractivity contribution is 0.102. The Labute approximate surface area is 117 Å². The molecular weight excluding hydrogens is 318 g/mol. The maximum absolute atomic E-state index is 12.0. The van der Waals surface area contributed by atoms with Crippen LogP contribution in [0.25, 0.3) is 0 Å². The Balaban J connectivity index is 2.25. The van der Waals surface area contributed by atoms with E-state index in [0.29, 0.717) is 22.0 Å². The van der Waals surface area contributed by atoms with Crippen LogP contribution in [-0.2, 0) is 0 Å². The van der Waals surface area contributed by atoms with Crippen molar-refractivity contribution in [3.05, 3.63) is 51.7 Å². The van der Waals surface area contributed by atoms with Gasteiger partial charge in [-0.3, -0.25) is 9.78 Å². The van der Waals surface area contributed by atoms with E-state index in [0.717, 1.165) is 4.47 Å². The maximum atomic E-state index is 12.0. The summed E-state index contributed by atoms with van der Waals surface area (Å²) in [4.78, 5) is 15.9. The normalized spacial score (nSPS) is 10.1. The summed E-state index contributed by atoms with van der Waals surface area (Å²) < 4.78 is 0.812. The highest BCUT2D eigenvalue weighted by atomic mass is 79.9. The fraction of sp³-hybridized carbons (Fsp3) is 0. The fourth-order valence-corrected chi connectivity index (χ4v) is 2.14. The van der Waals surface area contributed by atoms with Gasteiger partial charge in [0.15, 0.2) is 0 Å². The molecule has 0 spiro atoms. The van der Waals surface area contributed by atoms with Crippen LogP contribution in [0, 0.1) is 0 Å². The van der Waals surface area contributed by atoms with E-state index in [1.54, 1.807) is 30.5 Å². The first-order chi connectivity index (χ1) is 8.58. The number of nitrogens with two attached hydrogens (primary N) is 1. The van der Waals surface area contributed by atoms with Gasteiger partial charge in [0.1, 0.15) is 0 Å². The molecule has 3 N–H and O–H groups in total. The van der Waals surface area contributed by atoms with Crippen LogP contribution < -0.4 is 11.1 Å². The second-order valence-corrected chi connectivity index (χ2v) is 4.86. The first-order valence-electron chi connectivity index (χ1n) is 5.04. The molecule has 0 atom stereocenters. The van der Waals surface area contributed by atoms with Gasteiger partial charge in [-0.1, -0.05) is 27.5 Å². The Bertz CT molecular complexity index is 604. The first-order valence-corrected chi connectivity index (χ1v) is 6.21. The van der Waals surface area contributed by atoms with Crippen LogP contribution in [0.4, 0.5) is 11.4 Å². The summed E-state index contributed by atoms with van der Waals surface area (Å²) in [5.41, 5.74) is 6.99. The monoisotopic (exact) mass is 325 g/mol. The number of nitrogens with zero attached hydrogens (tertiary/aromatic N) is 1. The molecule has 0 fully saturated rings. The Morgan fingerprint density at radius 3 is 2.83 bits per heavy atom. The van der Waals surface area contributed by atoms with Gasteiger partial charge in [0.05, 0.1) is 28.2 Å². The number of carbonyl (C=O) groups is 1. The number of amides is 1. The van der Waals surface area contributed by atoms with Crippen LogP contribution >= 0.6 is 27.5 Å². The summed E-state index contributed by atoms with van der Waals surface area (Å²) in [5, 5.41) is 3.05. The van der Waals surface area contributed by atoms with Crippen molar-refractivity contribution in [2.24, 2.45) is 0 Å². The molecular formula is C12H9BrClN3O. The summed E-state index contributed by atoms with van der Waals surface area (Å²) in [7, 11) is 0. The minimum Gasteiger partial charge on any atom is -0.396 e. The van der Waals surface area contributed by atoms with Crippen LogP contribution in [-0.4, -0.2) is 10.9 Å². The van der Waals surface area contributed by atoms with Crippen molar-refractivity contribution in [1.82, 2.24) is 4.98 Å². The van der Waals surface area contributed by atoms with Crippen molar-refractivity contribution in [1.29, 1.82) is 0 Å². The van der Waals surface area contributed by atoms with E-state index >= 15 is 0 Å². The van der Waals surface area contributed by atoms with Crippen LogP contribution in [0.1, 0.15) is 10.4 Å². The average Bonchev–Trinajstić information content (AvgIpc) is 2.32. The smallest absolute Gasteiger partial charge is 0.257 e. The van der Waals surface area contributed by atoms with Crippen LogP contribution in [0.2, 0.25) is 5.02 Å². The van der Waals surface area contributed by atoms with Gasteiger partial charge in [-0.05, 0) is 24.3 Å². The predicted octanol–water partition coefficient (Wildman–Crippen LogP) is 3.33. The maximum Gasteiger partial charge on any atom is 0.257 e. The third-order valence-electron chi connectivity index (χ3n) is 2.28. The molecule has 0 saturated carbocycles. The minimum absolute atomic E-state index is 0.314. The number of pyridine rings is 1. The van der Waals surface area contributed by atoms with E-state index in [4.69, 9.17) is 17.3 Å². The second-order valence-electron chi connectivity index (χ2n) is 3.54. The molecule has 92 valence electrons. The third-order valence-corrected chi connectivity index (χ3v) is 3.08. The molecule has 6 heteroatoms. The summed E-state index contributed by atoms with van der Waals surface area (Å²) in [5.74, 6) is -0.314. The van der Waals surface area contributed by atoms with Gasteiger partial charge >= 0.3 is 0 Å². The molecule has 1 aromatic carbocycles. The number of nitrogens with one attached hydrogen (secondary N) is 1. The molecule has 0 aliphatic carbocycles. The molecule has 0 aliphatic rings. The van der Waals surface area contributed by atoms with Crippen molar-refractivity contribution in [3.63, 3.8) is 0 Å². The van der Waals surface area contributed by atoms with Gasteiger partial charge < -0.3 is 11.1 Å². The van der Waals surface area contributed by atoms with Gasteiger partial charge in [0, 0.05) is 10.7 Å². The topological polar surface area (TPSA) is 68.0 Å². The molecule has 1 aromatic heterocycles. The molecule has 0 radical (unpaired) electrons. The Kier molecular flexibility index (Phi) is 3.84. The molecule has 1 heterocycles. The summed E-state index contributed by atoms with van der Waals surface area (Å²) in [6.07, 6.45) is 3.02. The van der Waals surface area contributed by atoms with Crippen LogP contribution in [0.5, 0.6) is 0 Å². The standard InChI is InChI=1S/C12H9BrClN3O/c13-7-1-2-8(9(14)5-7)12(18)17-11-3-4-16-6-10(11)15/h1-6H,15H2,(H,16,17,18). The van der Waals surface area contributed by atoms with Crippen molar-refractivity contribution < 1.29 is 4.79 Å². The lowest BCUT2D eigenvalue weighted by Crippen LogP contribution is -2.13. The zero-order chi connectivity index (χ0) is 13.1. The molecule has 4 nitrogen and oxygen atoms in total. The molecule has 2 rings (SSSR count). The number of hydrogen-bond donors (Lipinski definition) is 2. The number of rotatable bonds is 2. The van der Waals surface area contributed by atoms with Crippen LogP contribution in [0.3, 0.4) is 0 Å². The average molecular weight is 327 g/mol. The zero-order valence-corrected chi connectivity index (χ0v) is 11.5.